The highest BCUT2D eigenvalue weighted by Crippen LogP contribution is 2.24. The Hall–Kier alpha value is -2.92. The first kappa shape index (κ1) is 15.6. The van der Waals surface area contributed by atoms with Gasteiger partial charge in [0.2, 0.25) is 5.95 Å². The fraction of sp³-hybridized carbons (Fsp3) is 0.200. The molecule has 5 heteroatoms. The lowest BCUT2D eigenvalue weighted by atomic mass is 10.1. The first-order chi connectivity index (χ1) is 12.3. The number of aromatic nitrogens is 3. The van der Waals surface area contributed by atoms with Gasteiger partial charge in [-0.2, -0.15) is 0 Å². The quantitative estimate of drug-likeness (QED) is 0.588. The third kappa shape index (κ3) is 2.94. The fourth-order valence-electron chi connectivity index (χ4n) is 3.08. The molecule has 4 aromatic rings. The number of rotatable bonds is 5. The topological polar surface area (TPSA) is 63.0 Å². The molecular weight excluding hydrogens is 312 g/mol. The molecule has 0 aliphatic rings. The second kappa shape index (κ2) is 6.53. The SMILES string of the molecule is CC(CO)Nc1nc2ccccc2n1Cc1cccc2cccnc12. The van der Waals surface area contributed by atoms with Crippen LogP contribution < -0.4 is 5.32 Å². The van der Waals surface area contributed by atoms with Crippen LogP contribution in [-0.4, -0.2) is 32.3 Å². The van der Waals surface area contributed by atoms with Gasteiger partial charge in [0.05, 0.1) is 29.7 Å². The highest BCUT2D eigenvalue weighted by atomic mass is 16.3. The van der Waals surface area contributed by atoms with E-state index in [9.17, 15) is 5.11 Å². The zero-order valence-electron chi connectivity index (χ0n) is 14.1. The summed E-state index contributed by atoms with van der Waals surface area (Å²) in [7, 11) is 0. The number of pyridine rings is 1. The van der Waals surface area contributed by atoms with Gasteiger partial charge in [0.25, 0.3) is 0 Å². The monoisotopic (exact) mass is 332 g/mol. The third-order valence-electron chi connectivity index (χ3n) is 4.35. The zero-order valence-corrected chi connectivity index (χ0v) is 14.1. The molecule has 0 fully saturated rings. The first-order valence-electron chi connectivity index (χ1n) is 8.41. The summed E-state index contributed by atoms with van der Waals surface area (Å²) in [5, 5.41) is 13.8. The van der Waals surface area contributed by atoms with Crippen LogP contribution in [0.3, 0.4) is 0 Å². The zero-order chi connectivity index (χ0) is 17.2. The lowest BCUT2D eigenvalue weighted by Gasteiger charge is -2.15. The van der Waals surface area contributed by atoms with Crippen molar-refractivity contribution in [3.05, 3.63) is 66.4 Å². The molecule has 0 aliphatic heterocycles. The van der Waals surface area contributed by atoms with E-state index >= 15 is 0 Å². The van der Waals surface area contributed by atoms with E-state index in [0.29, 0.717) is 6.54 Å². The first-order valence-corrected chi connectivity index (χ1v) is 8.41. The standard InChI is InChI=1S/C20H20N4O/c1-14(13-25)22-20-23-17-9-2-3-10-18(17)24(20)12-16-7-4-6-15-8-5-11-21-19(15)16/h2-11,14,25H,12-13H2,1H3,(H,22,23). The van der Waals surface area contributed by atoms with Crippen molar-refractivity contribution < 1.29 is 5.11 Å². The third-order valence-corrected chi connectivity index (χ3v) is 4.35. The summed E-state index contributed by atoms with van der Waals surface area (Å²) < 4.78 is 2.14. The van der Waals surface area contributed by atoms with Gasteiger partial charge in [-0.15, -0.1) is 0 Å². The van der Waals surface area contributed by atoms with E-state index in [2.05, 4.69) is 45.2 Å². The molecule has 2 aromatic carbocycles. The molecule has 1 unspecified atom stereocenters. The van der Waals surface area contributed by atoms with Gasteiger partial charge in [0.15, 0.2) is 0 Å². The van der Waals surface area contributed by atoms with E-state index in [4.69, 9.17) is 4.98 Å². The molecule has 0 spiro atoms. The van der Waals surface area contributed by atoms with E-state index in [-0.39, 0.29) is 12.6 Å². The van der Waals surface area contributed by atoms with E-state index in [1.807, 2.05) is 37.4 Å². The van der Waals surface area contributed by atoms with E-state index < -0.39 is 0 Å². The number of nitrogens with zero attached hydrogens (tertiary/aromatic N) is 3. The van der Waals surface area contributed by atoms with Crippen LogP contribution in [0.5, 0.6) is 0 Å². The fourth-order valence-corrected chi connectivity index (χ4v) is 3.08. The van der Waals surface area contributed by atoms with Crippen molar-refractivity contribution in [1.29, 1.82) is 0 Å². The van der Waals surface area contributed by atoms with Gasteiger partial charge in [-0.3, -0.25) is 4.98 Å². The lowest BCUT2D eigenvalue weighted by molar-refractivity contribution is 0.281. The predicted molar refractivity (Wildman–Crippen MR) is 101 cm³/mol. The molecule has 25 heavy (non-hydrogen) atoms. The van der Waals surface area contributed by atoms with Crippen LogP contribution in [-0.2, 0) is 6.54 Å². The molecule has 4 rings (SSSR count). The van der Waals surface area contributed by atoms with Crippen LogP contribution in [0.2, 0.25) is 0 Å². The molecule has 0 radical (unpaired) electrons. The van der Waals surface area contributed by atoms with Crippen molar-refractivity contribution in [3.8, 4) is 0 Å². The number of aliphatic hydroxyl groups excluding tert-OH is 1. The summed E-state index contributed by atoms with van der Waals surface area (Å²) >= 11 is 0. The number of imidazole rings is 1. The lowest BCUT2D eigenvalue weighted by Crippen LogP contribution is -2.22. The second-order valence-corrected chi connectivity index (χ2v) is 6.23. The summed E-state index contributed by atoms with van der Waals surface area (Å²) in [6, 6.07) is 18.3. The maximum atomic E-state index is 9.38. The van der Waals surface area contributed by atoms with Crippen molar-refractivity contribution in [3.63, 3.8) is 0 Å². The smallest absolute Gasteiger partial charge is 0.204 e. The molecular formula is C20H20N4O. The number of anilines is 1. The highest BCUT2D eigenvalue weighted by Gasteiger charge is 2.14. The normalized spacial score (nSPS) is 12.6. The Balaban J connectivity index is 1.83. The molecule has 0 aliphatic carbocycles. The Bertz CT molecular complexity index is 1020. The van der Waals surface area contributed by atoms with Crippen LogP contribution in [0.25, 0.3) is 21.9 Å². The van der Waals surface area contributed by atoms with Gasteiger partial charge in [0, 0.05) is 17.6 Å². The van der Waals surface area contributed by atoms with Gasteiger partial charge in [-0.25, -0.2) is 4.98 Å². The minimum Gasteiger partial charge on any atom is -0.394 e. The van der Waals surface area contributed by atoms with E-state index in [1.165, 1.54) is 0 Å². The summed E-state index contributed by atoms with van der Waals surface area (Å²) in [5.41, 5.74) is 4.14. The Labute approximate surface area is 146 Å². The average Bonchev–Trinajstić information content (AvgIpc) is 2.99. The van der Waals surface area contributed by atoms with Crippen molar-refractivity contribution >= 4 is 27.9 Å². The van der Waals surface area contributed by atoms with Crippen molar-refractivity contribution in [2.24, 2.45) is 0 Å². The average molecular weight is 332 g/mol. The summed E-state index contributed by atoms with van der Waals surface area (Å²) in [5.74, 6) is 0.760. The highest BCUT2D eigenvalue weighted by molar-refractivity contribution is 5.83. The number of hydrogen-bond donors (Lipinski definition) is 2. The van der Waals surface area contributed by atoms with Crippen molar-refractivity contribution in [2.75, 3.05) is 11.9 Å². The maximum absolute atomic E-state index is 9.38. The number of benzene rings is 2. The molecule has 0 saturated heterocycles. The largest absolute Gasteiger partial charge is 0.394 e. The maximum Gasteiger partial charge on any atom is 0.204 e. The minimum absolute atomic E-state index is 0.0546. The summed E-state index contributed by atoms with van der Waals surface area (Å²) in [6.07, 6.45) is 1.82. The van der Waals surface area contributed by atoms with Gasteiger partial charge in [-0.1, -0.05) is 36.4 Å². The van der Waals surface area contributed by atoms with Crippen LogP contribution in [0, 0.1) is 0 Å². The predicted octanol–water partition coefficient (Wildman–Crippen LogP) is 3.43. The van der Waals surface area contributed by atoms with Gasteiger partial charge in [0.1, 0.15) is 0 Å². The second-order valence-electron chi connectivity index (χ2n) is 6.23. The summed E-state index contributed by atoms with van der Waals surface area (Å²) in [6.45, 7) is 2.65. The molecule has 2 aromatic heterocycles. The van der Waals surface area contributed by atoms with E-state index in [1.54, 1.807) is 0 Å². The number of para-hydroxylation sites is 3. The van der Waals surface area contributed by atoms with E-state index in [0.717, 1.165) is 33.4 Å². The van der Waals surface area contributed by atoms with Crippen molar-refractivity contribution in [1.82, 2.24) is 14.5 Å². The van der Waals surface area contributed by atoms with Crippen LogP contribution in [0.15, 0.2) is 60.8 Å². The molecule has 0 bridgehead atoms. The number of nitrogens with one attached hydrogen (secondary N) is 1. The Morgan fingerprint density at radius 2 is 1.92 bits per heavy atom. The molecule has 0 amide bonds. The van der Waals surface area contributed by atoms with Crippen LogP contribution >= 0.6 is 0 Å². The van der Waals surface area contributed by atoms with Crippen molar-refractivity contribution in [2.45, 2.75) is 19.5 Å². The molecule has 0 saturated carbocycles. The van der Waals surface area contributed by atoms with Crippen LogP contribution in [0.4, 0.5) is 5.95 Å². The molecule has 5 nitrogen and oxygen atoms in total. The Kier molecular flexibility index (Phi) is 4.07. The molecule has 2 N–H and O–H groups in total. The summed E-state index contributed by atoms with van der Waals surface area (Å²) in [4.78, 5) is 9.25. The Morgan fingerprint density at radius 3 is 2.80 bits per heavy atom. The molecule has 2 heterocycles. The molecule has 126 valence electrons. The van der Waals surface area contributed by atoms with Crippen LogP contribution in [0.1, 0.15) is 12.5 Å². The molecule has 1 atom stereocenters. The number of fused-ring (bicyclic) bond motifs is 2. The number of aliphatic hydroxyl groups is 1. The van der Waals surface area contributed by atoms with Gasteiger partial charge >= 0.3 is 0 Å². The Morgan fingerprint density at radius 1 is 1.08 bits per heavy atom. The van der Waals surface area contributed by atoms with Gasteiger partial charge < -0.3 is 15.0 Å². The minimum atomic E-state index is -0.0683. The van der Waals surface area contributed by atoms with Gasteiger partial charge in [-0.05, 0) is 30.7 Å². The number of hydrogen-bond acceptors (Lipinski definition) is 4.